The highest BCUT2D eigenvalue weighted by molar-refractivity contribution is 7.90. The van der Waals surface area contributed by atoms with Gasteiger partial charge in [-0.05, 0) is 85.9 Å². The number of sulfone groups is 1. The minimum Gasteiger partial charge on any atom is -0.294 e. The number of carbonyl (C=O) groups excluding carboxylic acids is 1. The molecule has 7 rings (SSSR count). The zero-order chi connectivity index (χ0) is 26.2. The Labute approximate surface area is 221 Å². The van der Waals surface area contributed by atoms with Crippen LogP contribution in [0.1, 0.15) is 21.5 Å². The first-order valence-electron chi connectivity index (χ1n) is 12.6. The molecule has 1 aliphatic rings. The van der Waals surface area contributed by atoms with Gasteiger partial charge in [-0.1, -0.05) is 72.8 Å². The van der Waals surface area contributed by atoms with E-state index in [1.165, 1.54) is 6.26 Å². The van der Waals surface area contributed by atoms with Crippen LogP contribution < -0.4 is 0 Å². The molecule has 3 nitrogen and oxygen atoms in total. The summed E-state index contributed by atoms with van der Waals surface area (Å²) in [6.45, 7) is 2.08. The summed E-state index contributed by atoms with van der Waals surface area (Å²) in [6, 6.07) is 32.2. The SMILES string of the molecule is Cc1ccc2ccc3cc(-c4ccc(S(C)(=O)=O)cc4)c(-c4ccc5ccccc5c4)c4c3c2c1CC4=O. The van der Waals surface area contributed by atoms with Gasteiger partial charge in [0.25, 0.3) is 0 Å². The maximum atomic E-state index is 14.0. The van der Waals surface area contributed by atoms with Crippen molar-refractivity contribution in [3.8, 4) is 22.3 Å². The van der Waals surface area contributed by atoms with Crippen molar-refractivity contribution in [3.05, 3.63) is 114 Å². The van der Waals surface area contributed by atoms with Gasteiger partial charge in [0.1, 0.15) is 0 Å². The van der Waals surface area contributed by atoms with E-state index in [0.29, 0.717) is 6.42 Å². The third-order valence-electron chi connectivity index (χ3n) is 7.88. The summed E-state index contributed by atoms with van der Waals surface area (Å²) in [5.41, 5.74) is 6.68. The van der Waals surface area contributed by atoms with Crippen LogP contribution in [0.4, 0.5) is 0 Å². The van der Waals surface area contributed by atoms with Gasteiger partial charge in [0.2, 0.25) is 0 Å². The van der Waals surface area contributed by atoms with Gasteiger partial charge in [-0.25, -0.2) is 8.42 Å². The number of Topliss-reactive ketones (excluding diaryl/α,β-unsaturated/α-hetero) is 1. The van der Waals surface area contributed by atoms with Gasteiger partial charge in [0.05, 0.1) is 4.90 Å². The van der Waals surface area contributed by atoms with Gasteiger partial charge >= 0.3 is 0 Å². The van der Waals surface area contributed by atoms with Crippen molar-refractivity contribution in [1.82, 2.24) is 0 Å². The van der Waals surface area contributed by atoms with E-state index in [4.69, 9.17) is 0 Å². The second-order valence-electron chi connectivity index (χ2n) is 10.3. The van der Waals surface area contributed by atoms with Gasteiger partial charge in [0, 0.05) is 29.2 Å². The number of hydrogen-bond acceptors (Lipinski definition) is 3. The lowest BCUT2D eigenvalue weighted by molar-refractivity contribution is 0.0994. The summed E-state index contributed by atoms with van der Waals surface area (Å²) >= 11 is 0. The van der Waals surface area contributed by atoms with Gasteiger partial charge in [-0.15, -0.1) is 0 Å². The van der Waals surface area contributed by atoms with Crippen LogP contribution in [0.2, 0.25) is 0 Å². The minimum atomic E-state index is -3.32. The Morgan fingerprint density at radius 3 is 2.05 bits per heavy atom. The van der Waals surface area contributed by atoms with Crippen LogP contribution in [-0.2, 0) is 16.3 Å². The molecule has 0 atom stereocenters. The lowest BCUT2D eigenvalue weighted by Crippen LogP contribution is -2.14. The number of benzene rings is 6. The topological polar surface area (TPSA) is 51.2 Å². The Bertz CT molecular complexity index is 2090. The third kappa shape index (κ3) is 3.41. The van der Waals surface area contributed by atoms with Crippen molar-refractivity contribution in [1.29, 1.82) is 0 Å². The molecule has 0 fully saturated rings. The molecule has 0 unspecified atom stereocenters. The number of ketones is 1. The van der Waals surface area contributed by atoms with E-state index in [0.717, 1.165) is 71.3 Å². The van der Waals surface area contributed by atoms with Crippen molar-refractivity contribution in [2.24, 2.45) is 0 Å². The van der Waals surface area contributed by atoms with Crippen LogP contribution in [0.5, 0.6) is 0 Å². The summed E-state index contributed by atoms with van der Waals surface area (Å²) in [7, 11) is -3.32. The van der Waals surface area contributed by atoms with Crippen molar-refractivity contribution in [3.63, 3.8) is 0 Å². The van der Waals surface area contributed by atoms with E-state index in [9.17, 15) is 13.2 Å². The van der Waals surface area contributed by atoms with E-state index in [1.54, 1.807) is 12.1 Å². The fourth-order valence-electron chi connectivity index (χ4n) is 6.00. The molecule has 0 aromatic heterocycles. The maximum absolute atomic E-state index is 14.0. The van der Waals surface area contributed by atoms with Crippen LogP contribution in [0.3, 0.4) is 0 Å². The van der Waals surface area contributed by atoms with Gasteiger partial charge in [-0.3, -0.25) is 4.79 Å². The molecule has 0 saturated carbocycles. The first kappa shape index (κ1) is 22.9. The molecule has 0 N–H and O–H groups in total. The molecule has 0 amide bonds. The highest BCUT2D eigenvalue weighted by Gasteiger charge is 2.28. The zero-order valence-corrected chi connectivity index (χ0v) is 21.9. The van der Waals surface area contributed by atoms with E-state index in [2.05, 4.69) is 67.6 Å². The number of aryl methyl sites for hydroxylation is 1. The van der Waals surface area contributed by atoms with Crippen LogP contribution >= 0.6 is 0 Å². The number of hydrogen-bond donors (Lipinski definition) is 0. The van der Waals surface area contributed by atoms with E-state index in [1.807, 2.05) is 24.3 Å². The Balaban J connectivity index is 1.64. The Morgan fingerprint density at radius 2 is 1.29 bits per heavy atom. The van der Waals surface area contributed by atoms with Gasteiger partial charge in [0.15, 0.2) is 15.6 Å². The molecule has 0 spiro atoms. The van der Waals surface area contributed by atoms with Crippen molar-refractivity contribution < 1.29 is 13.2 Å². The predicted octanol–water partition coefficient (Wildman–Crippen LogP) is 7.93. The number of carbonyl (C=O) groups is 1. The third-order valence-corrected chi connectivity index (χ3v) is 9.01. The number of rotatable bonds is 3. The quantitative estimate of drug-likeness (QED) is 0.226. The molecule has 0 heterocycles. The van der Waals surface area contributed by atoms with Crippen molar-refractivity contribution in [2.75, 3.05) is 6.26 Å². The molecular weight excluding hydrogens is 488 g/mol. The fourth-order valence-corrected chi connectivity index (χ4v) is 6.63. The Morgan fingerprint density at radius 1 is 0.632 bits per heavy atom. The Kier molecular flexibility index (Phi) is 4.88. The van der Waals surface area contributed by atoms with E-state index < -0.39 is 9.84 Å². The van der Waals surface area contributed by atoms with Crippen LogP contribution in [-0.4, -0.2) is 20.5 Å². The lowest BCUT2D eigenvalue weighted by atomic mass is 9.77. The van der Waals surface area contributed by atoms with Crippen LogP contribution in [0.15, 0.2) is 102 Å². The zero-order valence-electron chi connectivity index (χ0n) is 21.1. The summed E-state index contributed by atoms with van der Waals surface area (Å²) < 4.78 is 24.3. The van der Waals surface area contributed by atoms with Crippen LogP contribution in [0, 0.1) is 6.92 Å². The average Bonchev–Trinajstić information content (AvgIpc) is 2.92. The normalized spacial score (nSPS) is 13.2. The maximum Gasteiger partial charge on any atom is 0.175 e. The predicted molar refractivity (Wildman–Crippen MR) is 156 cm³/mol. The molecule has 1 aliphatic carbocycles. The first-order chi connectivity index (χ1) is 18.3. The second-order valence-corrected chi connectivity index (χ2v) is 12.3. The lowest BCUT2D eigenvalue weighted by Gasteiger charge is -2.25. The van der Waals surface area contributed by atoms with Gasteiger partial charge < -0.3 is 0 Å². The van der Waals surface area contributed by atoms with E-state index in [-0.39, 0.29) is 10.7 Å². The fraction of sp³-hybridized carbons (Fsp3) is 0.0882. The molecule has 0 radical (unpaired) electrons. The van der Waals surface area contributed by atoms with Crippen molar-refractivity contribution >= 4 is 47.9 Å². The largest absolute Gasteiger partial charge is 0.294 e. The molecule has 0 bridgehead atoms. The highest BCUT2D eigenvalue weighted by atomic mass is 32.2. The van der Waals surface area contributed by atoms with E-state index >= 15 is 0 Å². The summed E-state index contributed by atoms with van der Waals surface area (Å²) in [5.74, 6) is 0.113. The smallest absolute Gasteiger partial charge is 0.175 e. The molecule has 6 aromatic carbocycles. The standard InChI is InChI=1S/C34H24O3S/c1-20-7-8-23-10-12-26-18-29(22-13-15-27(16-14-22)38(2,36)37)32(34-30(35)19-28(20)31(23)33(26)34)25-11-9-21-5-3-4-6-24(21)17-25/h3-18H,19H2,1-2H3. The second kappa shape index (κ2) is 8.11. The summed E-state index contributed by atoms with van der Waals surface area (Å²) in [6.07, 6.45) is 1.58. The van der Waals surface area contributed by atoms with Crippen LogP contribution in [0.25, 0.3) is 54.6 Å². The Hall–Kier alpha value is -4.28. The average molecular weight is 513 g/mol. The molecule has 184 valence electrons. The van der Waals surface area contributed by atoms with Gasteiger partial charge in [-0.2, -0.15) is 0 Å². The monoisotopic (exact) mass is 512 g/mol. The molecule has 6 aromatic rings. The summed E-state index contributed by atoms with van der Waals surface area (Å²) in [4.78, 5) is 14.3. The molecule has 0 aliphatic heterocycles. The molecule has 4 heteroatoms. The molecular formula is C34H24O3S. The first-order valence-corrected chi connectivity index (χ1v) is 14.5. The number of fused-ring (bicyclic) bond motifs is 1. The van der Waals surface area contributed by atoms with Crippen molar-refractivity contribution in [2.45, 2.75) is 18.2 Å². The molecule has 0 saturated heterocycles. The highest BCUT2D eigenvalue weighted by Crippen LogP contribution is 2.46. The minimum absolute atomic E-state index is 0.113. The summed E-state index contributed by atoms with van der Waals surface area (Å²) in [5, 5.41) is 6.57. The molecule has 38 heavy (non-hydrogen) atoms.